The molecule has 2 aromatic carbocycles. The van der Waals surface area contributed by atoms with Crippen LogP contribution in [0.2, 0.25) is 0 Å². The largest absolute Gasteiger partial charge is 0.430 e. The fourth-order valence-electron chi connectivity index (χ4n) is 2.12. The minimum Gasteiger partial charge on any atom is -0.369 e. The number of benzene rings is 2. The summed E-state index contributed by atoms with van der Waals surface area (Å²) in [5.41, 5.74) is -6.75. The van der Waals surface area contributed by atoms with E-state index in [2.05, 4.69) is 5.32 Å². The lowest BCUT2D eigenvalue weighted by Gasteiger charge is -2.32. The van der Waals surface area contributed by atoms with Crippen molar-refractivity contribution in [3.8, 4) is 0 Å². The molecule has 3 nitrogen and oxygen atoms in total. The van der Waals surface area contributed by atoms with Gasteiger partial charge in [0.25, 0.3) is 11.5 Å². The Labute approximate surface area is 142 Å². The van der Waals surface area contributed by atoms with E-state index >= 15 is 0 Å². The Balaban J connectivity index is 2.29. The van der Waals surface area contributed by atoms with Crippen LogP contribution in [0.15, 0.2) is 48.5 Å². The van der Waals surface area contributed by atoms with Crippen molar-refractivity contribution < 1.29 is 40.6 Å². The minimum absolute atomic E-state index is 0.101. The van der Waals surface area contributed by atoms with Crippen LogP contribution in [0.25, 0.3) is 0 Å². The molecule has 2 aromatic rings. The van der Waals surface area contributed by atoms with Gasteiger partial charge in [0.1, 0.15) is 5.82 Å². The van der Waals surface area contributed by atoms with Gasteiger partial charge in [0, 0.05) is 16.8 Å². The van der Waals surface area contributed by atoms with E-state index in [4.69, 9.17) is 0 Å². The average Bonchev–Trinajstić information content (AvgIpc) is 2.52. The zero-order valence-electron chi connectivity index (χ0n) is 12.6. The Morgan fingerprint density at radius 2 is 1.42 bits per heavy atom. The smallest absolute Gasteiger partial charge is 0.369 e. The molecule has 0 unspecified atom stereocenters. The van der Waals surface area contributed by atoms with Gasteiger partial charge in [-0.15, -0.1) is 0 Å². The molecule has 140 valence electrons. The number of amides is 1. The fourth-order valence-corrected chi connectivity index (χ4v) is 2.12. The van der Waals surface area contributed by atoms with Gasteiger partial charge in [-0.3, -0.25) is 4.79 Å². The van der Waals surface area contributed by atoms with Crippen molar-refractivity contribution >= 4 is 11.6 Å². The summed E-state index contributed by atoms with van der Waals surface area (Å²) in [6, 6.07) is 6.80. The highest BCUT2D eigenvalue weighted by Gasteiger charge is 2.71. The van der Waals surface area contributed by atoms with E-state index in [1.165, 1.54) is 12.1 Å². The molecule has 0 aliphatic carbocycles. The van der Waals surface area contributed by atoms with Gasteiger partial charge >= 0.3 is 12.4 Å². The van der Waals surface area contributed by atoms with Gasteiger partial charge in [-0.1, -0.05) is 18.2 Å². The molecule has 0 saturated heterocycles. The van der Waals surface area contributed by atoms with Crippen LogP contribution in [0.1, 0.15) is 15.9 Å². The number of carbonyl (C=O) groups is 1. The van der Waals surface area contributed by atoms with Crippen molar-refractivity contribution in [2.75, 3.05) is 5.32 Å². The van der Waals surface area contributed by atoms with E-state index < -0.39 is 35.2 Å². The van der Waals surface area contributed by atoms with Crippen LogP contribution < -0.4 is 5.32 Å². The van der Waals surface area contributed by atoms with Crippen LogP contribution in [0.3, 0.4) is 0 Å². The number of rotatable bonds is 3. The van der Waals surface area contributed by atoms with Gasteiger partial charge in [-0.05, 0) is 30.3 Å². The van der Waals surface area contributed by atoms with Crippen LogP contribution >= 0.6 is 0 Å². The van der Waals surface area contributed by atoms with Crippen LogP contribution in [0.4, 0.5) is 36.4 Å². The van der Waals surface area contributed by atoms with Crippen molar-refractivity contribution in [3.05, 3.63) is 65.5 Å². The second kappa shape index (κ2) is 6.60. The molecule has 2 N–H and O–H groups in total. The van der Waals surface area contributed by atoms with Gasteiger partial charge in [-0.2, -0.15) is 26.3 Å². The Hall–Kier alpha value is -2.62. The first-order valence-electron chi connectivity index (χ1n) is 6.89. The predicted molar refractivity (Wildman–Crippen MR) is 76.8 cm³/mol. The third-order valence-corrected chi connectivity index (χ3v) is 3.47. The fraction of sp³-hybridized carbons (Fsp3) is 0.188. The van der Waals surface area contributed by atoms with E-state index in [1.807, 2.05) is 0 Å². The normalized spacial score (nSPS) is 12.8. The molecule has 0 radical (unpaired) electrons. The molecular formula is C16H10F7NO2. The quantitative estimate of drug-likeness (QED) is 0.775. The molecule has 0 heterocycles. The molecule has 0 aliphatic rings. The first-order chi connectivity index (χ1) is 11.9. The number of halogens is 7. The van der Waals surface area contributed by atoms with E-state index in [0.29, 0.717) is 12.1 Å². The van der Waals surface area contributed by atoms with Crippen molar-refractivity contribution in [1.82, 2.24) is 0 Å². The van der Waals surface area contributed by atoms with Crippen molar-refractivity contribution in [2.45, 2.75) is 18.0 Å². The second-order valence-corrected chi connectivity index (χ2v) is 5.25. The average molecular weight is 381 g/mol. The zero-order valence-corrected chi connectivity index (χ0v) is 12.6. The number of anilines is 1. The number of aliphatic hydroxyl groups is 1. The standard InChI is InChI=1S/C16H10F7NO2/c17-11-3-1-2-9(8-11)13(25)24-12-6-4-10(5-7-12)14(26,15(18,19)20)16(21,22)23/h1-8,26H,(H,24,25). The summed E-state index contributed by atoms with van der Waals surface area (Å²) in [5, 5.41) is 11.4. The number of hydrogen-bond donors (Lipinski definition) is 2. The molecule has 2 rings (SSSR count). The molecule has 0 spiro atoms. The van der Waals surface area contributed by atoms with Crippen LogP contribution in [-0.2, 0) is 5.60 Å². The first-order valence-corrected chi connectivity index (χ1v) is 6.89. The van der Waals surface area contributed by atoms with Crippen LogP contribution in [0.5, 0.6) is 0 Å². The van der Waals surface area contributed by atoms with Crippen molar-refractivity contribution in [3.63, 3.8) is 0 Å². The summed E-state index contributed by atoms with van der Waals surface area (Å²) < 4.78 is 89.7. The monoisotopic (exact) mass is 381 g/mol. The molecule has 1 amide bonds. The lowest BCUT2D eigenvalue weighted by atomic mass is 9.92. The number of nitrogens with one attached hydrogen (secondary N) is 1. The van der Waals surface area contributed by atoms with E-state index in [9.17, 15) is 40.6 Å². The SMILES string of the molecule is O=C(Nc1ccc(C(O)(C(F)(F)F)C(F)(F)F)cc1)c1cccc(F)c1. The number of hydrogen-bond acceptors (Lipinski definition) is 2. The van der Waals surface area contributed by atoms with Gasteiger partial charge in [-0.25, -0.2) is 4.39 Å². The highest BCUT2D eigenvalue weighted by molar-refractivity contribution is 6.04. The van der Waals surface area contributed by atoms with Gasteiger partial charge in [0.15, 0.2) is 0 Å². The van der Waals surface area contributed by atoms with Crippen LogP contribution in [-0.4, -0.2) is 23.4 Å². The summed E-state index contributed by atoms with van der Waals surface area (Å²) in [5.74, 6) is -1.52. The molecule has 0 fully saturated rings. The summed E-state index contributed by atoms with van der Waals surface area (Å²) >= 11 is 0. The molecule has 0 atom stereocenters. The Morgan fingerprint density at radius 1 is 0.885 bits per heavy atom. The Morgan fingerprint density at radius 3 is 1.88 bits per heavy atom. The van der Waals surface area contributed by atoms with Gasteiger partial charge in [0.05, 0.1) is 0 Å². The van der Waals surface area contributed by atoms with E-state index in [1.54, 1.807) is 0 Å². The molecule has 10 heteroatoms. The molecule has 0 bridgehead atoms. The minimum atomic E-state index is -6.00. The maximum Gasteiger partial charge on any atom is 0.430 e. The topological polar surface area (TPSA) is 49.3 Å². The lowest BCUT2D eigenvalue weighted by molar-refractivity contribution is -0.376. The lowest BCUT2D eigenvalue weighted by Crippen LogP contribution is -2.53. The molecular weight excluding hydrogens is 371 g/mol. The summed E-state index contributed by atoms with van der Waals surface area (Å²) in [6.45, 7) is 0. The zero-order chi connectivity index (χ0) is 19.8. The van der Waals surface area contributed by atoms with Gasteiger partial charge in [0.2, 0.25) is 0 Å². The molecule has 26 heavy (non-hydrogen) atoms. The highest BCUT2D eigenvalue weighted by Crippen LogP contribution is 2.50. The summed E-state index contributed by atoms with van der Waals surface area (Å²) in [4.78, 5) is 11.9. The highest BCUT2D eigenvalue weighted by atomic mass is 19.4. The summed E-state index contributed by atoms with van der Waals surface area (Å²) in [7, 11) is 0. The first kappa shape index (κ1) is 19.7. The van der Waals surface area contributed by atoms with E-state index in [0.717, 1.165) is 24.3 Å². The van der Waals surface area contributed by atoms with Crippen LogP contribution in [0, 0.1) is 5.82 Å². The molecule has 0 aliphatic heterocycles. The van der Waals surface area contributed by atoms with E-state index in [-0.39, 0.29) is 11.3 Å². The maximum atomic E-state index is 13.1. The predicted octanol–water partition coefficient (Wildman–Crippen LogP) is 4.39. The maximum absolute atomic E-state index is 13.1. The third kappa shape index (κ3) is 3.64. The Bertz CT molecular complexity index is 783. The Kier molecular flexibility index (Phi) is 5.00. The van der Waals surface area contributed by atoms with Crippen molar-refractivity contribution in [2.24, 2.45) is 0 Å². The molecule has 0 aromatic heterocycles. The summed E-state index contributed by atoms with van der Waals surface area (Å²) in [6.07, 6.45) is -12.0. The van der Waals surface area contributed by atoms with Gasteiger partial charge < -0.3 is 10.4 Å². The number of alkyl halides is 6. The third-order valence-electron chi connectivity index (χ3n) is 3.47. The molecule has 0 saturated carbocycles. The number of carbonyl (C=O) groups excluding carboxylic acids is 1. The second-order valence-electron chi connectivity index (χ2n) is 5.25. The van der Waals surface area contributed by atoms with Crippen molar-refractivity contribution in [1.29, 1.82) is 0 Å².